The zero-order valence-corrected chi connectivity index (χ0v) is 95.4. The minimum Gasteiger partial charge on any atom is -0.390 e. The van der Waals surface area contributed by atoms with Gasteiger partial charge in [0.1, 0.15) is 0 Å². The first-order valence-corrected chi connectivity index (χ1v) is 61.1. The molecule has 26 nitrogen and oxygen atoms in total. The first kappa shape index (κ1) is 124. The molecular weight excluding hydrogens is 1940 g/mol. The molecule has 0 aliphatic carbocycles. The summed E-state index contributed by atoms with van der Waals surface area (Å²) in [5.41, 5.74) is 59.9. The molecule has 0 aliphatic rings. The van der Waals surface area contributed by atoms with Gasteiger partial charge in [-0.15, -0.1) is 0 Å². The Labute approximate surface area is 875 Å². The van der Waals surface area contributed by atoms with Crippen molar-refractivity contribution in [3.63, 3.8) is 0 Å². The average Bonchev–Trinajstić information content (AvgIpc) is 0.760. The first-order chi connectivity index (χ1) is 69.5. The molecule has 0 unspecified atom stereocenters. The van der Waals surface area contributed by atoms with Crippen molar-refractivity contribution in [2.75, 3.05) is 111 Å². The molecule has 0 aliphatic heterocycles. The predicted molar refractivity (Wildman–Crippen MR) is 599 cm³/mol. The van der Waals surface area contributed by atoms with Gasteiger partial charge in [0.15, 0.2) is 0 Å². The van der Waals surface area contributed by atoms with Gasteiger partial charge >= 0.3 is 52.8 Å². The van der Waals surface area contributed by atoms with Crippen LogP contribution in [0.25, 0.3) is 0 Å². The van der Waals surface area contributed by atoms with Crippen LogP contribution in [0.15, 0.2) is 315 Å². The number of nitrogens with one attached hydrogen (secondary N) is 2. The highest BCUT2D eigenvalue weighted by Crippen LogP contribution is 2.42. The van der Waals surface area contributed by atoms with Crippen molar-refractivity contribution in [1.29, 1.82) is 0 Å². The van der Waals surface area contributed by atoms with Crippen LogP contribution in [0.3, 0.4) is 0 Å². The maximum atomic E-state index is 9.10. The van der Waals surface area contributed by atoms with Crippen molar-refractivity contribution in [3.05, 3.63) is 427 Å². The summed E-state index contributed by atoms with van der Waals surface area (Å²) >= 11 is 0. The minimum atomic E-state index is -3.97. The molecule has 0 fully saturated rings. The van der Waals surface area contributed by atoms with Crippen LogP contribution < -0.4 is 45.0 Å². The molecular formula is C114H164N8O18Si6. The van der Waals surface area contributed by atoms with E-state index in [1.807, 2.05) is 146 Å². The first-order valence-electron chi connectivity index (χ1n) is 49.3. The Morgan fingerprint density at radius 2 is 0.418 bits per heavy atom. The van der Waals surface area contributed by atoms with E-state index >= 15 is 0 Å². The zero-order valence-electron chi connectivity index (χ0n) is 89.4. The molecule has 32 heteroatoms. The number of hydrogen-bond acceptors (Lipinski definition) is 26. The van der Waals surface area contributed by atoms with Gasteiger partial charge in [0.25, 0.3) is 0 Å². The summed E-state index contributed by atoms with van der Waals surface area (Å²) in [4.78, 5) is 54.4. The van der Waals surface area contributed by atoms with E-state index in [-0.39, 0.29) is 12.1 Å². The summed E-state index contributed by atoms with van der Waals surface area (Å²) in [7, 11) is 0.907. The Morgan fingerprint density at radius 3 is 0.658 bits per heavy atom. The Kier molecular flexibility index (Phi) is 50.0. The van der Waals surface area contributed by atoms with E-state index in [9.17, 15) is 0 Å². The fourth-order valence-electron chi connectivity index (χ4n) is 18.4. The molecule has 792 valence electrons. The van der Waals surface area contributed by atoms with Gasteiger partial charge in [0, 0.05) is 135 Å². The fourth-order valence-corrected chi connectivity index (χ4v) is 26.9. The molecule has 12 rings (SSSR count). The van der Waals surface area contributed by atoms with Gasteiger partial charge in [-0.3, -0.25) is 0 Å². The van der Waals surface area contributed by atoms with Crippen molar-refractivity contribution in [1.82, 2.24) is 10.6 Å². The normalized spacial score (nSPS) is 12.4. The molecule has 146 heavy (non-hydrogen) atoms. The van der Waals surface area contributed by atoms with Gasteiger partial charge in [-0.2, -0.15) is 0 Å². The number of aryl methyl sites for hydroxylation is 8. The van der Waals surface area contributed by atoms with E-state index in [2.05, 4.69) is 236 Å². The van der Waals surface area contributed by atoms with Crippen LogP contribution in [0.2, 0.25) is 36.3 Å². The molecule has 12 aromatic rings. The SMILES string of the molecule is CO[Si](CCC(N)(c1ccc(C)cc1)c1ccc(C)cc1)(OC)OC.CO[Si](CCC(N)(c1cccc(C)c1)c1cccc(C)c1)(OC)OC.CO[Si](CCC(N)(c1ccccc1)c1ccccc1)(OC)OC.CO[Si](CCC(N)(c1ccccc1C)c1ccccc1C)(OC)OC.Cc1ccccc1C(N)(CNCCC[Si](O)(O)O)c1ccccc1C.NC(CNCCC[Si](O)(O)O)(c1ccccc1)c1ccccc1. The second kappa shape index (κ2) is 58.9. The number of benzene rings is 12. The Balaban J connectivity index is 0.000000237. The zero-order chi connectivity index (χ0) is 108. The maximum absolute atomic E-state index is 9.10. The molecule has 0 amide bonds. The van der Waals surface area contributed by atoms with Crippen LogP contribution in [0, 0.1) is 55.4 Å². The number of hydrogen-bond donors (Lipinski definition) is 14. The standard InChI is InChI=1S/3C20H29NO3Si.C19H28N2O3Si.C18H25NO3Si.C17H24N2O3Si/c1-16-6-10-18(11-7-16)20(21,19-12-8-17(2)9-13-19)14-15-25(22-3,23-4)24-5;1-16-8-6-10-18(14-16)20(21,19-11-7-9-17(2)15-19)12-13-25(22-3,23-4)24-5;1-16-10-6-8-12-18(16)20(21,19-13-9-7-11-17(19)2)14-15-25(22-3,23-4)24-5;1-15-8-3-5-10-17(15)19(20,18-11-6-4-9-16(18)2)14-21-12-7-13-25(22,23)24;1-20-23(21-2,22-3)15-14-18(19,16-10-6-4-7-11-16)17-12-8-5-9-13-17;18-17(15-8-3-1-4-9-15,16-10-5-2-6-11-16)14-19-12-7-13-23(20,21)22/h6-13H,14-15,21H2,1-5H3;6-11,14-15H,12-13,21H2,1-5H3;6-13H,14-15,21H2,1-5H3;3-6,8-11,21-24H,7,12-14,20H2,1-2H3;4-13H,14-15,19H2,1-3H3;1-6,8-11,19-22H,7,12-14,18H2. The molecule has 0 bridgehead atoms. The van der Waals surface area contributed by atoms with Gasteiger partial charge < -0.3 is 127 Å². The average molecular weight is 2100 g/mol. The predicted octanol–water partition coefficient (Wildman–Crippen LogP) is 16.7. The van der Waals surface area contributed by atoms with Gasteiger partial charge in [0.05, 0.1) is 33.2 Å². The molecule has 0 aromatic heterocycles. The van der Waals surface area contributed by atoms with Gasteiger partial charge in [-0.05, 0) is 196 Å². The Hall–Kier alpha value is -9.10. The third-order valence-corrected chi connectivity index (χ3v) is 40.4. The summed E-state index contributed by atoms with van der Waals surface area (Å²) in [5.74, 6) is 0. The monoisotopic (exact) mass is 2100 g/mol. The number of nitrogens with two attached hydrogens (primary N) is 6. The van der Waals surface area contributed by atoms with Crippen LogP contribution in [-0.2, 0) is 86.3 Å². The maximum Gasteiger partial charge on any atom is 0.500 e. The molecule has 0 saturated carbocycles. The quantitative estimate of drug-likeness (QED) is 0.0124. The van der Waals surface area contributed by atoms with Gasteiger partial charge in [0.2, 0.25) is 0 Å². The molecule has 12 aromatic carbocycles. The highest BCUT2D eigenvalue weighted by atomic mass is 28.4. The summed E-state index contributed by atoms with van der Waals surface area (Å²) < 4.78 is 66.9. The van der Waals surface area contributed by atoms with Crippen molar-refractivity contribution in [2.24, 2.45) is 34.4 Å². The third kappa shape index (κ3) is 35.0. The fraction of sp³-hybridized carbons (Fsp3) is 0.368. The summed E-state index contributed by atoms with van der Waals surface area (Å²) in [5, 5.41) is 6.57. The van der Waals surface area contributed by atoms with Crippen molar-refractivity contribution in [2.45, 2.75) is 163 Å². The molecule has 0 spiro atoms. The summed E-state index contributed by atoms with van der Waals surface area (Å²) in [6, 6.07) is 109. The third-order valence-electron chi connectivity index (χ3n) is 27.4. The molecule has 0 radical (unpaired) electrons. The highest BCUT2D eigenvalue weighted by molar-refractivity contribution is 6.62. The lowest BCUT2D eigenvalue weighted by Crippen LogP contribution is -2.48. The van der Waals surface area contributed by atoms with Gasteiger partial charge in [-0.25, -0.2) is 0 Å². The largest absolute Gasteiger partial charge is 0.500 e. The molecule has 0 saturated heterocycles. The summed E-state index contributed by atoms with van der Waals surface area (Å²) in [6.45, 7) is 18.7. The summed E-state index contributed by atoms with van der Waals surface area (Å²) in [6.07, 6.45) is 3.64. The lowest BCUT2D eigenvalue weighted by atomic mass is 9.78. The second-order valence-electron chi connectivity index (χ2n) is 37.3. The lowest BCUT2D eigenvalue weighted by Gasteiger charge is -2.36. The highest BCUT2D eigenvalue weighted by Gasteiger charge is 2.47. The molecule has 20 N–H and O–H groups in total. The van der Waals surface area contributed by atoms with Crippen LogP contribution >= 0.6 is 0 Å². The Bertz CT molecular complexity index is 5460. The van der Waals surface area contributed by atoms with Crippen molar-refractivity contribution in [3.8, 4) is 0 Å². The van der Waals surface area contributed by atoms with Crippen molar-refractivity contribution >= 4 is 52.8 Å². The van der Waals surface area contributed by atoms with Crippen LogP contribution in [-0.4, -0.2) is 193 Å². The van der Waals surface area contributed by atoms with E-state index in [1.54, 1.807) is 85.3 Å². The second-order valence-corrected chi connectivity index (χ2v) is 53.8. The van der Waals surface area contributed by atoms with E-state index in [4.69, 9.17) is 116 Å². The topological polar surface area (TPSA) is 412 Å². The van der Waals surface area contributed by atoms with Crippen LogP contribution in [0.4, 0.5) is 0 Å². The van der Waals surface area contributed by atoms with E-state index in [0.717, 1.165) is 77.9 Å². The Morgan fingerprint density at radius 1 is 0.212 bits per heavy atom. The van der Waals surface area contributed by atoms with Gasteiger partial charge in [-0.1, -0.05) is 338 Å². The minimum absolute atomic E-state index is 0.0201. The van der Waals surface area contributed by atoms with E-state index in [0.29, 0.717) is 88.9 Å². The van der Waals surface area contributed by atoms with Crippen molar-refractivity contribution < 1.29 is 81.9 Å². The number of rotatable bonds is 48. The van der Waals surface area contributed by atoms with E-state index in [1.165, 1.54) is 33.4 Å². The van der Waals surface area contributed by atoms with E-state index < -0.39 is 86.1 Å². The molecule has 0 atom stereocenters. The van der Waals surface area contributed by atoms with Crippen LogP contribution in [0.5, 0.6) is 0 Å². The lowest BCUT2D eigenvalue weighted by molar-refractivity contribution is 0.120. The smallest absolute Gasteiger partial charge is 0.390 e. The molecule has 0 heterocycles. The van der Waals surface area contributed by atoms with Crippen LogP contribution in [0.1, 0.15) is 150 Å².